The number of ketones is 1. The Bertz CT molecular complexity index is 238. The molecule has 1 aliphatic rings. The summed E-state index contributed by atoms with van der Waals surface area (Å²) in [6, 6.07) is 0. The topological polar surface area (TPSA) is 17.1 Å². The molecular formula is C12H20OS2. The first kappa shape index (κ1) is 13.2. The van der Waals surface area contributed by atoms with Crippen LogP contribution >= 0.6 is 23.5 Å². The summed E-state index contributed by atoms with van der Waals surface area (Å²) in [6.07, 6.45) is 2.62. The maximum Gasteiger partial charge on any atom is 0.150 e. The molecule has 3 heteroatoms. The van der Waals surface area contributed by atoms with E-state index >= 15 is 0 Å². The van der Waals surface area contributed by atoms with Gasteiger partial charge in [-0.1, -0.05) is 26.0 Å². The third-order valence-electron chi connectivity index (χ3n) is 2.69. The van der Waals surface area contributed by atoms with E-state index in [1.165, 1.54) is 5.75 Å². The van der Waals surface area contributed by atoms with Gasteiger partial charge in [-0.25, -0.2) is 0 Å². The van der Waals surface area contributed by atoms with Gasteiger partial charge in [-0.3, -0.25) is 4.79 Å². The average molecular weight is 244 g/mol. The Balaban J connectivity index is 2.52. The zero-order chi connectivity index (χ0) is 11.3. The van der Waals surface area contributed by atoms with E-state index in [0.717, 1.165) is 24.2 Å². The summed E-state index contributed by atoms with van der Waals surface area (Å²) < 4.78 is 0. The highest BCUT2D eigenvalue weighted by Crippen LogP contribution is 2.34. The van der Waals surface area contributed by atoms with Crippen LogP contribution in [0.4, 0.5) is 0 Å². The Morgan fingerprint density at radius 1 is 1.33 bits per heavy atom. The second-order valence-electron chi connectivity index (χ2n) is 3.86. The van der Waals surface area contributed by atoms with Gasteiger partial charge in [-0.15, -0.1) is 11.8 Å². The van der Waals surface area contributed by atoms with Crippen molar-refractivity contribution in [2.75, 3.05) is 11.5 Å². The van der Waals surface area contributed by atoms with Crippen LogP contribution < -0.4 is 0 Å². The lowest BCUT2D eigenvalue weighted by atomic mass is 10.0. The molecule has 2 unspecified atom stereocenters. The highest BCUT2D eigenvalue weighted by atomic mass is 32.2. The van der Waals surface area contributed by atoms with Crippen LogP contribution in [0.2, 0.25) is 0 Å². The van der Waals surface area contributed by atoms with Gasteiger partial charge in [-0.05, 0) is 12.8 Å². The minimum absolute atomic E-state index is 0.219. The number of allylic oxidation sites excluding steroid dienone is 1. The monoisotopic (exact) mass is 244 g/mol. The molecule has 0 N–H and O–H groups in total. The van der Waals surface area contributed by atoms with Crippen molar-refractivity contribution < 1.29 is 4.79 Å². The predicted molar refractivity (Wildman–Crippen MR) is 71.8 cm³/mol. The summed E-state index contributed by atoms with van der Waals surface area (Å²) in [5.41, 5.74) is 1.08. The number of hydrogen-bond acceptors (Lipinski definition) is 3. The number of thioether (sulfide) groups is 2. The molecule has 86 valence electrons. The van der Waals surface area contributed by atoms with Crippen molar-refractivity contribution in [3.05, 3.63) is 12.2 Å². The molecule has 0 saturated carbocycles. The van der Waals surface area contributed by atoms with Gasteiger partial charge in [0.05, 0.1) is 5.25 Å². The van der Waals surface area contributed by atoms with Crippen LogP contribution in [0.3, 0.4) is 0 Å². The molecule has 1 nitrogen and oxygen atoms in total. The molecule has 0 bridgehead atoms. The van der Waals surface area contributed by atoms with Crippen LogP contribution in [0, 0.1) is 0 Å². The Labute approximate surface area is 101 Å². The molecule has 15 heavy (non-hydrogen) atoms. The number of rotatable bonds is 5. The van der Waals surface area contributed by atoms with Crippen LogP contribution in [-0.2, 0) is 4.79 Å². The fourth-order valence-electron chi connectivity index (χ4n) is 1.67. The summed E-state index contributed by atoms with van der Waals surface area (Å²) in [6.45, 7) is 8.17. The molecule has 2 atom stereocenters. The Morgan fingerprint density at radius 2 is 2.00 bits per heavy atom. The predicted octanol–water partition coefficient (Wildman–Crippen LogP) is 3.54. The van der Waals surface area contributed by atoms with Crippen molar-refractivity contribution in [3.8, 4) is 0 Å². The van der Waals surface area contributed by atoms with Gasteiger partial charge in [-0.2, -0.15) is 11.8 Å². The first-order chi connectivity index (χ1) is 7.19. The largest absolute Gasteiger partial charge is 0.298 e. The maximum absolute atomic E-state index is 12.0. The molecule has 0 radical (unpaired) electrons. The molecule has 0 spiro atoms. The molecular weight excluding hydrogens is 224 g/mol. The van der Waals surface area contributed by atoms with Crippen LogP contribution in [0.25, 0.3) is 0 Å². The first-order valence-electron chi connectivity index (χ1n) is 5.61. The van der Waals surface area contributed by atoms with Crippen molar-refractivity contribution in [2.45, 2.75) is 43.6 Å². The second-order valence-corrected chi connectivity index (χ2v) is 6.45. The van der Waals surface area contributed by atoms with Crippen molar-refractivity contribution in [2.24, 2.45) is 0 Å². The van der Waals surface area contributed by atoms with E-state index in [1.807, 2.05) is 23.5 Å². The number of carbonyl (C=O) groups is 1. The fourth-order valence-corrected chi connectivity index (χ4v) is 4.71. The standard InChI is InChI=1S/C12H20OS2/c1-4-9(3)8-10(13)12-11(5-2)14-6-7-15-12/h11-12H,3-8H2,1-2H3. The van der Waals surface area contributed by atoms with E-state index in [9.17, 15) is 4.79 Å². The van der Waals surface area contributed by atoms with Gasteiger partial charge < -0.3 is 0 Å². The maximum atomic E-state index is 12.0. The van der Waals surface area contributed by atoms with Gasteiger partial charge in [0.1, 0.15) is 0 Å². The molecule has 0 aliphatic carbocycles. The van der Waals surface area contributed by atoms with Gasteiger partial charge in [0.2, 0.25) is 0 Å². The van der Waals surface area contributed by atoms with Crippen molar-refractivity contribution in [3.63, 3.8) is 0 Å². The summed E-state index contributed by atoms with van der Waals surface area (Å²) >= 11 is 3.81. The van der Waals surface area contributed by atoms with E-state index in [4.69, 9.17) is 0 Å². The van der Waals surface area contributed by atoms with Gasteiger partial charge >= 0.3 is 0 Å². The van der Waals surface area contributed by atoms with E-state index in [1.54, 1.807) is 0 Å². The zero-order valence-corrected chi connectivity index (χ0v) is 11.3. The van der Waals surface area contributed by atoms with E-state index in [2.05, 4.69) is 20.4 Å². The van der Waals surface area contributed by atoms with E-state index in [-0.39, 0.29) is 5.25 Å². The summed E-state index contributed by atoms with van der Waals surface area (Å²) in [7, 11) is 0. The molecule has 1 rings (SSSR count). The second kappa shape index (κ2) is 6.64. The quantitative estimate of drug-likeness (QED) is 0.689. The number of Topliss-reactive ketones (excluding diaryl/α,β-unsaturated/α-hetero) is 1. The van der Waals surface area contributed by atoms with Crippen LogP contribution in [0.1, 0.15) is 33.1 Å². The molecule has 0 aromatic heterocycles. The summed E-state index contributed by atoms with van der Waals surface area (Å²) in [4.78, 5) is 12.0. The summed E-state index contributed by atoms with van der Waals surface area (Å²) in [5.74, 6) is 2.71. The average Bonchev–Trinajstić information content (AvgIpc) is 2.28. The first-order valence-corrected chi connectivity index (χ1v) is 7.71. The van der Waals surface area contributed by atoms with Crippen molar-refractivity contribution in [1.82, 2.24) is 0 Å². The molecule has 1 saturated heterocycles. The highest BCUT2D eigenvalue weighted by molar-refractivity contribution is 8.07. The molecule has 0 amide bonds. The smallest absolute Gasteiger partial charge is 0.150 e. The number of hydrogen-bond donors (Lipinski definition) is 0. The molecule has 1 aliphatic heterocycles. The van der Waals surface area contributed by atoms with Crippen LogP contribution in [-0.4, -0.2) is 27.8 Å². The minimum atomic E-state index is 0.219. The lowest BCUT2D eigenvalue weighted by Gasteiger charge is -2.28. The molecule has 1 heterocycles. The molecule has 0 aromatic rings. The van der Waals surface area contributed by atoms with Crippen LogP contribution in [0.15, 0.2) is 12.2 Å². The SMILES string of the molecule is C=C(CC)CC(=O)C1SCCSC1CC. The number of carbonyl (C=O) groups excluding carboxylic acids is 1. The van der Waals surface area contributed by atoms with E-state index < -0.39 is 0 Å². The summed E-state index contributed by atoms with van der Waals surface area (Å²) in [5, 5.41) is 0.748. The van der Waals surface area contributed by atoms with E-state index in [0.29, 0.717) is 17.5 Å². The third-order valence-corrected chi connectivity index (χ3v) is 5.99. The van der Waals surface area contributed by atoms with Gasteiger partial charge in [0.25, 0.3) is 0 Å². The van der Waals surface area contributed by atoms with Crippen LogP contribution in [0.5, 0.6) is 0 Å². The van der Waals surface area contributed by atoms with Crippen molar-refractivity contribution >= 4 is 29.3 Å². The molecule has 1 fully saturated rings. The van der Waals surface area contributed by atoms with Gasteiger partial charge in [0, 0.05) is 23.2 Å². The zero-order valence-electron chi connectivity index (χ0n) is 9.62. The third kappa shape index (κ3) is 3.87. The lowest BCUT2D eigenvalue weighted by Crippen LogP contribution is -2.32. The Kier molecular flexibility index (Phi) is 5.83. The fraction of sp³-hybridized carbons (Fsp3) is 0.750. The highest BCUT2D eigenvalue weighted by Gasteiger charge is 2.30. The lowest BCUT2D eigenvalue weighted by molar-refractivity contribution is -0.117. The van der Waals surface area contributed by atoms with Gasteiger partial charge in [0.15, 0.2) is 5.78 Å². The normalized spacial score (nSPS) is 26.3. The minimum Gasteiger partial charge on any atom is -0.298 e. The Morgan fingerprint density at radius 3 is 2.60 bits per heavy atom. The molecule has 0 aromatic carbocycles. The van der Waals surface area contributed by atoms with Crippen molar-refractivity contribution in [1.29, 1.82) is 0 Å². The Hall–Kier alpha value is 0.110.